The number of benzene rings is 2. The van der Waals surface area contributed by atoms with Crippen LogP contribution in [0.1, 0.15) is 5.56 Å². The van der Waals surface area contributed by atoms with Crippen LogP contribution in [0.5, 0.6) is 5.75 Å². The van der Waals surface area contributed by atoms with E-state index >= 15 is 0 Å². The molecule has 0 aliphatic carbocycles. The van der Waals surface area contributed by atoms with Crippen molar-refractivity contribution in [2.75, 3.05) is 5.01 Å². The van der Waals surface area contributed by atoms with Gasteiger partial charge in [-0.3, -0.25) is 15.0 Å². The molecule has 1 fully saturated rings. The Hall–Kier alpha value is -1.62. The number of amides is 2. The monoisotopic (exact) mass is 532 g/mol. The Morgan fingerprint density at radius 2 is 1.65 bits per heavy atom. The number of rotatable bonds is 2. The zero-order valence-electron chi connectivity index (χ0n) is 11.6. The first-order valence-corrected chi connectivity index (χ1v) is 8.73. The summed E-state index contributed by atoms with van der Waals surface area (Å²) in [5.41, 5.74) is 3.90. The Labute approximate surface area is 159 Å². The van der Waals surface area contributed by atoms with Gasteiger partial charge in [0.1, 0.15) is 11.3 Å². The van der Waals surface area contributed by atoms with Gasteiger partial charge < -0.3 is 5.11 Å². The van der Waals surface area contributed by atoms with Gasteiger partial charge in [-0.25, -0.2) is 5.01 Å². The van der Waals surface area contributed by atoms with Crippen LogP contribution < -0.4 is 10.4 Å². The van der Waals surface area contributed by atoms with Crippen molar-refractivity contribution in [1.29, 1.82) is 0 Å². The number of phenols is 1. The van der Waals surface area contributed by atoms with Crippen LogP contribution in [0.15, 0.2) is 48.0 Å². The van der Waals surface area contributed by atoms with E-state index < -0.39 is 11.8 Å². The minimum Gasteiger partial charge on any atom is -0.506 e. The fourth-order valence-corrected chi connectivity index (χ4v) is 3.97. The zero-order valence-corrected chi connectivity index (χ0v) is 15.9. The van der Waals surface area contributed by atoms with Gasteiger partial charge in [0.05, 0.1) is 12.8 Å². The van der Waals surface area contributed by atoms with E-state index in [4.69, 9.17) is 0 Å². The fourth-order valence-electron chi connectivity index (χ4n) is 2.15. The molecule has 2 N–H and O–H groups in total. The van der Waals surface area contributed by atoms with Gasteiger partial charge in [0.15, 0.2) is 0 Å². The maximum Gasteiger partial charge on any atom is 0.282 e. The van der Waals surface area contributed by atoms with Crippen LogP contribution in [0, 0.1) is 7.14 Å². The standard InChI is InChI=1S/C16H10I2N2O3/c17-12-7-9(8-13(18)14(12)21)6-11-15(22)19-20(16(11)23)10-4-2-1-3-5-10/h1-8,21H,(H,19,22). The second-order valence-electron chi connectivity index (χ2n) is 4.81. The van der Waals surface area contributed by atoms with Gasteiger partial charge in [-0.1, -0.05) is 18.2 Å². The Kier molecular flexibility index (Phi) is 4.57. The molecule has 7 heteroatoms. The molecule has 0 saturated carbocycles. The quantitative estimate of drug-likeness (QED) is 0.355. The van der Waals surface area contributed by atoms with Gasteiger partial charge in [-0.15, -0.1) is 0 Å². The molecule has 1 aliphatic heterocycles. The third-order valence-corrected chi connectivity index (χ3v) is 4.90. The topological polar surface area (TPSA) is 69.6 Å². The molecule has 0 radical (unpaired) electrons. The minimum atomic E-state index is -0.447. The normalized spacial score (nSPS) is 16.1. The van der Waals surface area contributed by atoms with Crippen LogP contribution in [0.2, 0.25) is 0 Å². The molecule has 3 rings (SSSR count). The van der Waals surface area contributed by atoms with Crippen molar-refractivity contribution in [2.45, 2.75) is 0 Å². The number of carbonyl (C=O) groups excluding carboxylic acids is 2. The number of aromatic hydroxyl groups is 1. The van der Waals surface area contributed by atoms with E-state index in [9.17, 15) is 14.7 Å². The highest BCUT2D eigenvalue weighted by atomic mass is 127. The summed E-state index contributed by atoms with van der Waals surface area (Å²) in [6.45, 7) is 0. The minimum absolute atomic E-state index is 0.0612. The summed E-state index contributed by atoms with van der Waals surface area (Å²) in [6.07, 6.45) is 1.53. The highest BCUT2D eigenvalue weighted by Gasteiger charge is 2.34. The average Bonchev–Trinajstić information content (AvgIpc) is 2.81. The Morgan fingerprint density at radius 1 is 1.04 bits per heavy atom. The number of carbonyl (C=O) groups is 2. The molecule has 23 heavy (non-hydrogen) atoms. The lowest BCUT2D eigenvalue weighted by atomic mass is 10.1. The van der Waals surface area contributed by atoms with E-state index in [0.29, 0.717) is 18.4 Å². The van der Waals surface area contributed by atoms with Gasteiger partial charge in [0.25, 0.3) is 11.8 Å². The SMILES string of the molecule is O=C1NN(c2ccccc2)C(=O)C1=Cc1cc(I)c(O)c(I)c1. The van der Waals surface area contributed by atoms with Crippen LogP contribution in [0.4, 0.5) is 5.69 Å². The largest absolute Gasteiger partial charge is 0.506 e. The molecule has 0 bridgehead atoms. The Balaban J connectivity index is 1.97. The number of nitrogens with one attached hydrogen (secondary N) is 1. The smallest absolute Gasteiger partial charge is 0.282 e. The number of nitrogens with zero attached hydrogens (tertiary/aromatic N) is 1. The molecule has 1 heterocycles. The maximum atomic E-state index is 12.5. The summed E-state index contributed by atoms with van der Waals surface area (Å²) in [5, 5.41) is 11.0. The predicted molar refractivity (Wildman–Crippen MR) is 104 cm³/mol. The van der Waals surface area contributed by atoms with E-state index in [0.717, 1.165) is 0 Å². The van der Waals surface area contributed by atoms with Crippen LogP contribution in [-0.4, -0.2) is 16.9 Å². The summed E-state index contributed by atoms with van der Waals surface area (Å²) in [5.74, 6) is -0.655. The molecule has 0 aromatic heterocycles. The number of para-hydroxylation sites is 1. The third-order valence-electron chi connectivity index (χ3n) is 3.26. The van der Waals surface area contributed by atoms with Crippen molar-refractivity contribution in [3.63, 3.8) is 0 Å². The predicted octanol–water partition coefficient (Wildman–Crippen LogP) is 3.06. The highest BCUT2D eigenvalue weighted by molar-refractivity contribution is 14.1. The molecule has 0 atom stereocenters. The molecular formula is C16H10I2N2O3. The molecule has 5 nitrogen and oxygen atoms in total. The van der Waals surface area contributed by atoms with Crippen molar-refractivity contribution in [2.24, 2.45) is 0 Å². The summed E-state index contributed by atoms with van der Waals surface area (Å²) in [7, 11) is 0. The maximum absolute atomic E-state index is 12.5. The van der Waals surface area contributed by atoms with E-state index in [1.807, 2.05) is 51.2 Å². The lowest BCUT2D eigenvalue weighted by molar-refractivity contribution is -0.117. The zero-order chi connectivity index (χ0) is 16.6. The molecule has 1 saturated heterocycles. The van der Waals surface area contributed by atoms with Crippen molar-refractivity contribution in [3.05, 3.63) is 60.7 Å². The second kappa shape index (κ2) is 6.48. The number of phenolic OH excluding ortho intramolecular Hbond substituents is 1. The van der Waals surface area contributed by atoms with Gasteiger partial charge in [-0.2, -0.15) is 0 Å². The van der Waals surface area contributed by atoms with Gasteiger partial charge in [-0.05, 0) is 81.1 Å². The van der Waals surface area contributed by atoms with Crippen molar-refractivity contribution < 1.29 is 14.7 Å². The molecule has 1 aliphatic rings. The number of hydrogen-bond donors (Lipinski definition) is 2. The van der Waals surface area contributed by atoms with E-state index in [1.165, 1.54) is 11.1 Å². The number of hydrogen-bond acceptors (Lipinski definition) is 3. The number of hydrazine groups is 1. The van der Waals surface area contributed by atoms with Crippen molar-refractivity contribution >= 4 is 68.8 Å². The summed E-state index contributed by atoms with van der Waals surface area (Å²) in [6, 6.07) is 12.3. The molecule has 0 unspecified atom stereocenters. The van der Waals surface area contributed by atoms with E-state index in [1.54, 1.807) is 36.4 Å². The number of anilines is 1. The number of halogens is 2. The summed E-state index contributed by atoms with van der Waals surface area (Å²) >= 11 is 4.01. The molecule has 2 amide bonds. The Bertz CT molecular complexity index is 811. The lowest BCUT2D eigenvalue weighted by Crippen LogP contribution is -2.35. The lowest BCUT2D eigenvalue weighted by Gasteiger charge is -2.13. The first kappa shape index (κ1) is 16.2. The van der Waals surface area contributed by atoms with Crippen LogP contribution >= 0.6 is 45.2 Å². The van der Waals surface area contributed by atoms with Crippen LogP contribution in [0.25, 0.3) is 6.08 Å². The van der Waals surface area contributed by atoms with Gasteiger partial charge in [0, 0.05) is 0 Å². The second-order valence-corrected chi connectivity index (χ2v) is 7.13. The third kappa shape index (κ3) is 3.20. The first-order chi connectivity index (χ1) is 11.0. The van der Waals surface area contributed by atoms with Crippen molar-refractivity contribution in [3.8, 4) is 5.75 Å². The van der Waals surface area contributed by atoms with Crippen LogP contribution in [0.3, 0.4) is 0 Å². The van der Waals surface area contributed by atoms with Crippen LogP contribution in [-0.2, 0) is 9.59 Å². The van der Waals surface area contributed by atoms with Gasteiger partial charge >= 0.3 is 0 Å². The first-order valence-electron chi connectivity index (χ1n) is 6.57. The van der Waals surface area contributed by atoms with Gasteiger partial charge in [0.2, 0.25) is 0 Å². The molecule has 2 aromatic rings. The van der Waals surface area contributed by atoms with Crippen molar-refractivity contribution in [1.82, 2.24) is 5.43 Å². The van der Waals surface area contributed by atoms with E-state index in [2.05, 4.69) is 5.43 Å². The summed E-state index contributed by atoms with van der Waals surface area (Å²) in [4.78, 5) is 24.6. The fraction of sp³-hybridized carbons (Fsp3) is 0. The average molecular weight is 532 g/mol. The Morgan fingerprint density at radius 3 is 2.26 bits per heavy atom. The highest BCUT2D eigenvalue weighted by Crippen LogP contribution is 2.29. The molecule has 116 valence electrons. The molecule has 0 spiro atoms. The van der Waals surface area contributed by atoms with E-state index in [-0.39, 0.29) is 11.3 Å². The summed E-state index contributed by atoms with van der Waals surface area (Å²) < 4.78 is 1.32. The molecular weight excluding hydrogens is 522 g/mol. The molecule has 2 aromatic carbocycles.